The third-order valence-corrected chi connectivity index (χ3v) is 11.6. The van der Waals surface area contributed by atoms with Gasteiger partial charge < -0.3 is 47.0 Å². The van der Waals surface area contributed by atoms with Crippen molar-refractivity contribution in [3.63, 3.8) is 0 Å². The molecular weight excluding hydrogens is 771 g/mol. The minimum Gasteiger partial charge on any atom is -0.384 e. The molecule has 0 radical (unpaired) electrons. The molecule has 0 aromatic heterocycles. The molecule has 326 valence electrons. The predicted molar refractivity (Wildman–Crippen MR) is 240 cm³/mol. The van der Waals surface area contributed by atoms with Crippen molar-refractivity contribution < 1.29 is 24.6 Å². The lowest BCUT2D eigenvalue weighted by Gasteiger charge is -2.34. The molecule has 4 atom stereocenters. The number of amides is 3. The second kappa shape index (κ2) is 23.0. The Balaban J connectivity index is 1.21. The molecule has 1 fully saturated rings. The van der Waals surface area contributed by atoms with Gasteiger partial charge in [-0.15, -0.1) is 0 Å². The summed E-state index contributed by atoms with van der Waals surface area (Å²) in [5.74, 6) is -0.950. The van der Waals surface area contributed by atoms with Gasteiger partial charge in [-0.1, -0.05) is 72.3 Å². The van der Waals surface area contributed by atoms with Gasteiger partial charge in [0.25, 0.3) is 0 Å². The van der Waals surface area contributed by atoms with Gasteiger partial charge in [0.05, 0.1) is 6.04 Å². The van der Waals surface area contributed by atoms with Gasteiger partial charge in [-0.2, -0.15) is 0 Å². The number of amidine groups is 1. The number of hydrogen-bond acceptors (Lipinski definition) is 10. The Morgan fingerprint density at radius 3 is 2.20 bits per heavy atom. The lowest BCUT2D eigenvalue weighted by molar-refractivity contribution is -0.130. The monoisotopic (exact) mass is 833 g/mol. The number of fused-ring (bicyclic) bond motifs is 3. The highest BCUT2D eigenvalue weighted by Crippen LogP contribution is 2.19. The van der Waals surface area contributed by atoms with E-state index in [0.717, 1.165) is 87.2 Å². The first kappa shape index (κ1) is 45.2. The van der Waals surface area contributed by atoms with Crippen LogP contribution in [0.15, 0.2) is 96.6 Å². The first-order valence-electron chi connectivity index (χ1n) is 21.7. The second-order valence-electron chi connectivity index (χ2n) is 16.4. The smallest absolute Gasteiger partial charge is 0.243 e. The number of benzene rings is 3. The van der Waals surface area contributed by atoms with E-state index in [4.69, 9.17) is 11.1 Å². The standard InChI is InChI=1S/C47H63N9O5/c48-45(49)37-17-11-36(12-18-37)32-50-46(60)40-30-34-13-19-38(20-14-34)51-42(57)10-5-24-55-26-28-56(29-27-55)25-23-44(59)52-39-21-15-35(16-22-39)31-41(47(61)54-40)53-43(58)9-4-8-33-6-2-1-3-7-33/h2,6-7,11-22,40-43,51,53,57-58H,1,3-5,8-10,23-32H2,(H3,48,49)(H,50,60)(H,52,59)(H,54,61). The number of nitrogen functional groups attached to an aromatic ring is 1. The van der Waals surface area contributed by atoms with Crippen LogP contribution >= 0.6 is 0 Å². The van der Waals surface area contributed by atoms with Gasteiger partial charge in [-0.25, -0.2) is 0 Å². The lowest BCUT2D eigenvalue weighted by Crippen LogP contribution is -2.55. The maximum atomic E-state index is 14.3. The SMILES string of the molecule is N=C(N)c1ccc(CNC(=O)C2Cc3ccc(cc3)NC(O)CCCN3CCN(CCC(=O)Nc4ccc(cc4)CC(NC(O)CCCC4=CCCC=C4)C(=O)N2)CC3)cc1. The Morgan fingerprint density at radius 2 is 1.52 bits per heavy atom. The summed E-state index contributed by atoms with van der Waals surface area (Å²) in [5.41, 5.74) is 11.3. The Bertz CT molecular complexity index is 1960. The van der Waals surface area contributed by atoms with Crippen LogP contribution in [0.2, 0.25) is 0 Å². The number of allylic oxidation sites excluding steroid dienone is 4. The van der Waals surface area contributed by atoms with Crippen molar-refractivity contribution >= 4 is 34.9 Å². The molecule has 6 bridgehead atoms. The molecule has 9 rings (SSSR count). The van der Waals surface area contributed by atoms with Crippen molar-refractivity contribution in [1.82, 2.24) is 25.8 Å². The third kappa shape index (κ3) is 14.9. The van der Waals surface area contributed by atoms with E-state index < -0.39 is 30.4 Å². The number of rotatable bonds is 10. The molecule has 5 aliphatic heterocycles. The van der Waals surface area contributed by atoms with Crippen molar-refractivity contribution in [2.24, 2.45) is 5.73 Å². The summed E-state index contributed by atoms with van der Waals surface area (Å²) in [5, 5.41) is 45.0. The maximum absolute atomic E-state index is 14.3. The minimum absolute atomic E-state index is 0.0478. The van der Waals surface area contributed by atoms with Gasteiger partial charge in [0.1, 0.15) is 24.3 Å². The largest absolute Gasteiger partial charge is 0.384 e. The number of piperazine rings is 1. The van der Waals surface area contributed by atoms with Gasteiger partial charge in [-0.3, -0.25) is 25.1 Å². The molecule has 5 heterocycles. The van der Waals surface area contributed by atoms with E-state index in [1.807, 2.05) is 48.5 Å². The van der Waals surface area contributed by atoms with Crippen molar-refractivity contribution in [2.75, 3.05) is 49.9 Å². The van der Waals surface area contributed by atoms with Gasteiger partial charge in [0.2, 0.25) is 17.7 Å². The second-order valence-corrected chi connectivity index (χ2v) is 16.4. The number of hydrogen-bond donors (Lipinski definition) is 9. The van der Waals surface area contributed by atoms with E-state index in [1.165, 1.54) is 5.57 Å². The molecule has 3 aromatic carbocycles. The number of aliphatic hydroxyl groups is 2. The van der Waals surface area contributed by atoms with Crippen LogP contribution in [-0.4, -0.2) is 107 Å². The van der Waals surface area contributed by atoms with Gasteiger partial charge in [0, 0.05) is 69.0 Å². The average molecular weight is 834 g/mol. The van der Waals surface area contributed by atoms with Crippen LogP contribution in [0.4, 0.5) is 11.4 Å². The number of nitrogens with one attached hydrogen (secondary N) is 6. The molecule has 14 heteroatoms. The number of carbonyl (C=O) groups is 3. The van der Waals surface area contributed by atoms with E-state index in [-0.39, 0.29) is 37.0 Å². The highest BCUT2D eigenvalue weighted by Gasteiger charge is 2.28. The molecule has 4 unspecified atom stereocenters. The summed E-state index contributed by atoms with van der Waals surface area (Å²) in [4.78, 5) is 45.9. The first-order chi connectivity index (χ1) is 29.6. The van der Waals surface area contributed by atoms with E-state index in [0.29, 0.717) is 37.1 Å². The fourth-order valence-corrected chi connectivity index (χ4v) is 7.92. The van der Waals surface area contributed by atoms with E-state index in [2.05, 4.69) is 54.6 Å². The minimum atomic E-state index is -0.976. The summed E-state index contributed by atoms with van der Waals surface area (Å²) in [7, 11) is 0. The third-order valence-electron chi connectivity index (χ3n) is 11.6. The molecule has 1 saturated heterocycles. The molecule has 3 aromatic rings. The quantitative estimate of drug-likeness (QED) is 0.0822. The number of anilines is 2. The summed E-state index contributed by atoms with van der Waals surface area (Å²) in [6.07, 6.45) is 11.0. The zero-order valence-electron chi connectivity index (χ0n) is 35.1. The van der Waals surface area contributed by atoms with Crippen LogP contribution in [0.1, 0.15) is 73.6 Å². The van der Waals surface area contributed by atoms with E-state index >= 15 is 0 Å². The van der Waals surface area contributed by atoms with Gasteiger partial charge in [0.15, 0.2) is 0 Å². The number of aliphatic hydroxyl groups excluding tert-OH is 2. The van der Waals surface area contributed by atoms with Gasteiger partial charge in [-0.05, 0) is 98.9 Å². The fraction of sp³-hybridized carbons (Fsp3) is 0.447. The molecule has 0 spiro atoms. The van der Waals surface area contributed by atoms with Crippen LogP contribution in [0.3, 0.4) is 0 Å². The number of nitrogens with two attached hydrogens (primary N) is 1. The van der Waals surface area contributed by atoms with E-state index in [1.54, 1.807) is 24.3 Å². The zero-order chi connectivity index (χ0) is 43.0. The molecule has 14 nitrogen and oxygen atoms in total. The molecule has 3 amide bonds. The molecular formula is C47H63N9O5. The van der Waals surface area contributed by atoms with Crippen LogP contribution in [0, 0.1) is 5.41 Å². The highest BCUT2D eigenvalue weighted by atomic mass is 16.3. The van der Waals surface area contributed by atoms with Gasteiger partial charge >= 0.3 is 0 Å². The number of carbonyl (C=O) groups excluding carboxylic acids is 3. The zero-order valence-corrected chi connectivity index (χ0v) is 35.1. The van der Waals surface area contributed by atoms with E-state index in [9.17, 15) is 24.6 Å². The Labute approximate surface area is 359 Å². The van der Waals surface area contributed by atoms with Crippen LogP contribution in [0.5, 0.6) is 0 Å². The molecule has 6 aliphatic rings. The van der Waals surface area contributed by atoms with Crippen molar-refractivity contribution in [1.29, 1.82) is 5.41 Å². The fourth-order valence-electron chi connectivity index (χ4n) is 7.92. The molecule has 10 N–H and O–H groups in total. The number of nitrogens with zero attached hydrogens (tertiary/aromatic N) is 2. The van der Waals surface area contributed by atoms with Crippen molar-refractivity contribution in [3.05, 3.63) is 119 Å². The van der Waals surface area contributed by atoms with Crippen LogP contribution < -0.4 is 32.3 Å². The Hall–Kier alpha value is -5.38. The Morgan fingerprint density at radius 1 is 0.852 bits per heavy atom. The topological polar surface area (TPSA) is 208 Å². The summed E-state index contributed by atoms with van der Waals surface area (Å²) in [6.45, 7) is 5.36. The van der Waals surface area contributed by atoms with Crippen molar-refractivity contribution in [2.45, 2.75) is 95.3 Å². The van der Waals surface area contributed by atoms with Crippen LogP contribution in [-0.2, 0) is 33.8 Å². The average Bonchev–Trinajstić information content (AvgIpc) is 3.26. The predicted octanol–water partition coefficient (Wildman–Crippen LogP) is 3.75. The van der Waals surface area contributed by atoms with Crippen LogP contribution in [0.25, 0.3) is 0 Å². The maximum Gasteiger partial charge on any atom is 0.243 e. The summed E-state index contributed by atoms with van der Waals surface area (Å²) < 4.78 is 0. The summed E-state index contributed by atoms with van der Waals surface area (Å²) >= 11 is 0. The van der Waals surface area contributed by atoms with Crippen molar-refractivity contribution in [3.8, 4) is 0 Å². The summed E-state index contributed by atoms with van der Waals surface area (Å²) in [6, 6.07) is 20.0. The molecule has 0 saturated carbocycles. The Kier molecular flexibility index (Phi) is 17.0. The first-order valence-corrected chi connectivity index (χ1v) is 21.7. The molecule has 61 heavy (non-hydrogen) atoms. The molecule has 1 aliphatic carbocycles. The normalized spacial score (nSPS) is 23.5. The highest BCUT2D eigenvalue weighted by molar-refractivity contribution is 5.95. The lowest BCUT2D eigenvalue weighted by atomic mass is 10.0.